The standard InChI is InChI=1S/C22H15N5O4S2/c28-19(23-15-8-3-6-13-5-1-2-7-14(13)15)12-32-22-26-25-21(33-22)24-20(29)16-11-18(31-27-16)17-9-4-10-30-17/h1-11H,12H2,(H,23,28)(H,24,25,29). The summed E-state index contributed by atoms with van der Waals surface area (Å²) in [5.74, 6) is 0.318. The van der Waals surface area contributed by atoms with Crippen LogP contribution in [0.2, 0.25) is 0 Å². The molecular formula is C22H15N5O4S2. The number of nitrogens with zero attached hydrogens (tertiary/aromatic N) is 3. The summed E-state index contributed by atoms with van der Waals surface area (Å²) in [5, 5.41) is 19.6. The summed E-state index contributed by atoms with van der Waals surface area (Å²) in [4.78, 5) is 24.8. The summed E-state index contributed by atoms with van der Waals surface area (Å²) in [6.07, 6.45) is 1.50. The minimum absolute atomic E-state index is 0.0836. The summed E-state index contributed by atoms with van der Waals surface area (Å²) in [5.41, 5.74) is 0.839. The van der Waals surface area contributed by atoms with Crippen LogP contribution in [0.3, 0.4) is 0 Å². The topological polar surface area (TPSA) is 123 Å². The second-order valence-electron chi connectivity index (χ2n) is 6.74. The molecular weight excluding hydrogens is 462 g/mol. The average molecular weight is 478 g/mol. The Morgan fingerprint density at radius 2 is 1.85 bits per heavy atom. The van der Waals surface area contributed by atoms with E-state index in [9.17, 15) is 9.59 Å². The minimum Gasteiger partial charge on any atom is -0.461 e. The van der Waals surface area contributed by atoms with E-state index in [1.807, 2.05) is 42.5 Å². The van der Waals surface area contributed by atoms with Crippen molar-refractivity contribution in [3.8, 4) is 11.5 Å². The SMILES string of the molecule is O=C(CSc1nnc(NC(=O)c2cc(-c3ccco3)on2)s1)Nc1cccc2ccccc12. The molecule has 0 bridgehead atoms. The molecule has 2 N–H and O–H groups in total. The highest BCUT2D eigenvalue weighted by Gasteiger charge is 2.17. The van der Waals surface area contributed by atoms with E-state index in [1.165, 1.54) is 24.1 Å². The van der Waals surface area contributed by atoms with Gasteiger partial charge in [-0.05, 0) is 23.6 Å². The van der Waals surface area contributed by atoms with Gasteiger partial charge in [0.2, 0.25) is 16.8 Å². The number of fused-ring (bicyclic) bond motifs is 1. The molecule has 0 radical (unpaired) electrons. The van der Waals surface area contributed by atoms with Crippen LogP contribution in [0.25, 0.3) is 22.3 Å². The van der Waals surface area contributed by atoms with Crippen molar-refractivity contribution in [2.24, 2.45) is 0 Å². The predicted molar refractivity (Wildman–Crippen MR) is 125 cm³/mol. The van der Waals surface area contributed by atoms with Gasteiger partial charge in [0.05, 0.1) is 12.0 Å². The van der Waals surface area contributed by atoms with Gasteiger partial charge in [-0.1, -0.05) is 64.7 Å². The normalized spacial score (nSPS) is 10.9. The van der Waals surface area contributed by atoms with Crippen LogP contribution in [-0.2, 0) is 4.79 Å². The molecule has 11 heteroatoms. The van der Waals surface area contributed by atoms with Crippen LogP contribution >= 0.6 is 23.1 Å². The Kier molecular flexibility index (Phi) is 5.87. The lowest BCUT2D eigenvalue weighted by Crippen LogP contribution is -2.14. The maximum atomic E-state index is 12.4. The van der Waals surface area contributed by atoms with Crippen molar-refractivity contribution in [2.75, 3.05) is 16.4 Å². The Labute approximate surface area is 195 Å². The first-order valence-corrected chi connectivity index (χ1v) is 11.5. The molecule has 2 amide bonds. The number of carbonyl (C=O) groups is 2. The largest absolute Gasteiger partial charge is 0.461 e. The molecule has 3 aromatic heterocycles. The molecule has 33 heavy (non-hydrogen) atoms. The van der Waals surface area contributed by atoms with Crippen LogP contribution < -0.4 is 10.6 Å². The number of thioether (sulfide) groups is 1. The highest BCUT2D eigenvalue weighted by atomic mass is 32.2. The number of furan rings is 1. The van der Waals surface area contributed by atoms with Crippen LogP contribution in [0.1, 0.15) is 10.5 Å². The lowest BCUT2D eigenvalue weighted by atomic mass is 10.1. The van der Waals surface area contributed by atoms with E-state index in [4.69, 9.17) is 8.94 Å². The van der Waals surface area contributed by atoms with Crippen LogP contribution in [0.5, 0.6) is 0 Å². The summed E-state index contributed by atoms with van der Waals surface area (Å²) in [6, 6.07) is 18.5. The van der Waals surface area contributed by atoms with Gasteiger partial charge in [-0.15, -0.1) is 10.2 Å². The highest BCUT2D eigenvalue weighted by Crippen LogP contribution is 2.27. The average Bonchev–Trinajstić information content (AvgIpc) is 3.59. The van der Waals surface area contributed by atoms with E-state index in [1.54, 1.807) is 12.1 Å². The fourth-order valence-corrected chi connectivity index (χ4v) is 4.59. The summed E-state index contributed by atoms with van der Waals surface area (Å²) >= 11 is 2.40. The monoisotopic (exact) mass is 477 g/mol. The van der Waals surface area contributed by atoms with Crippen molar-refractivity contribution in [2.45, 2.75) is 4.34 Å². The maximum absolute atomic E-state index is 12.4. The molecule has 0 saturated heterocycles. The molecule has 0 fully saturated rings. The number of amides is 2. The van der Waals surface area contributed by atoms with Gasteiger partial charge in [-0.2, -0.15) is 0 Å². The van der Waals surface area contributed by atoms with Gasteiger partial charge >= 0.3 is 0 Å². The van der Waals surface area contributed by atoms with Crippen LogP contribution in [0.15, 0.2) is 80.2 Å². The van der Waals surface area contributed by atoms with E-state index in [2.05, 4.69) is 26.0 Å². The Balaban J connectivity index is 1.16. The first-order valence-electron chi connectivity index (χ1n) is 9.71. The zero-order valence-corrected chi connectivity index (χ0v) is 18.5. The number of hydrogen-bond donors (Lipinski definition) is 2. The number of nitrogens with one attached hydrogen (secondary N) is 2. The quantitative estimate of drug-likeness (QED) is 0.250. The van der Waals surface area contributed by atoms with E-state index in [0.29, 0.717) is 21.0 Å². The van der Waals surface area contributed by atoms with Gasteiger partial charge in [0.25, 0.3) is 5.91 Å². The Bertz CT molecular complexity index is 1420. The second-order valence-corrected chi connectivity index (χ2v) is 8.94. The van der Waals surface area contributed by atoms with Crippen molar-refractivity contribution in [1.29, 1.82) is 0 Å². The molecule has 9 nitrogen and oxygen atoms in total. The summed E-state index contributed by atoms with van der Waals surface area (Å²) in [7, 11) is 0. The Morgan fingerprint density at radius 1 is 0.970 bits per heavy atom. The molecule has 0 atom stereocenters. The maximum Gasteiger partial charge on any atom is 0.279 e. The van der Waals surface area contributed by atoms with Crippen molar-refractivity contribution in [3.05, 3.63) is 72.6 Å². The Morgan fingerprint density at radius 3 is 2.73 bits per heavy atom. The number of carbonyl (C=O) groups excluding carboxylic acids is 2. The van der Waals surface area contributed by atoms with E-state index >= 15 is 0 Å². The van der Waals surface area contributed by atoms with Gasteiger partial charge in [-0.3, -0.25) is 14.9 Å². The first kappa shape index (κ1) is 20.9. The molecule has 0 saturated carbocycles. The number of anilines is 2. The number of rotatable bonds is 7. The molecule has 3 heterocycles. The first-order chi connectivity index (χ1) is 16.2. The molecule has 2 aromatic carbocycles. The summed E-state index contributed by atoms with van der Waals surface area (Å²) < 4.78 is 10.9. The second kappa shape index (κ2) is 9.27. The molecule has 0 unspecified atom stereocenters. The van der Waals surface area contributed by atoms with Gasteiger partial charge in [0.15, 0.2) is 15.8 Å². The fourth-order valence-electron chi connectivity index (χ4n) is 3.04. The predicted octanol–water partition coefficient (Wildman–Crippen LogP) is 4.92. The molecule has 0 aliphatic carbocycles. The van der Waals surface area contributed by atoms with Crippen LogP contribution in [0.4, 0.5) is 10.8 Å². The third kappa shape index (κ3) is 4.78. The summed E-state index contributed by atoms with van der Waals surface area (Å²) in [6.45, 7) is 0. The third-order valence-corrected chi connectivity index (χ3v) is 6.50. The number of benzene rings is 2. The van der Waals surface area contributed by atoms with Crippen LogP contribution in [0, 0.1) is 0 Å². The lowest BCUT2D eigenvalue weighted by Gasteiger charge is -2.08. The van der Waals surface area contributed by atoms with Crippen LogP contribution in [-0.4, -0.2) is 32.9 Å². The van der Waals surface area contributed by atoms with Crippen molar-refractivity contribution >= 4 is 56.5 Å². The van der Waals surface area contributed by atoms with Gasteiger partial charge < -0.3 is 14.3 Å². The zero-order chi connectivity index (χ0) is 22.6. The molecule has 0 aliphatic rings. The molecule has 5 rings (SSSR count). The fraction of sp³-hybridized carbons (Fsp3) is 0.0455. The molecule has 164 valence electrons. The third-order valence-electron chi connectivity index (χ3n) is 4.52. The van der Waals surface area contributed by atoms with E-state index in [-0.39, 0.29) is 17.4 Å². The zero-order valence-electron chi connectivity index (χ0n) is 16.8. The number of hydrogen-bond acceptors (Lipinski definition) is 9. The van der Waals surface area contributed by atoms with E-state index < -0.39 is 5.91 Å². The lowest BCUT2D eigenvalue weighted by molar-refractivity contribution is -0.113. The minimum atomic E-state index is -0.488. The molecule has 0 spiro atoms. The van der Waals surface area contributed by atoms with Gasteiger partial charge in [-0.25, -0.2) is 0 Å². The molecule has 0 aliphatic heterocycles. The van der Waals surface area contributed by atoms with Crippen molar-refractivity contribution in [1.82, 2.24) is 15.4 Å². The highest BCUT2D eigenvalue weighted by molar-refractivity contribution is 8.01. The van der Waals surface area contributed by atoms with Crippen molar-refractivity contribution in [3.63, 3.8) is 0 Å². The van der Waals surface area contributed by atoms with E-state index in [0.717, 1.165) is 27.8 Å². The number of aromatic nitrogens is 3. The Hall–Kier alpha value is -3.96. The molecule has 5 aromatic rings. The smallest absolute Gasteiger partial charge is 0.279 e. The van der Waals surface area contributed by atoms with Crippen molar-refractivity contribution < 1.29 is 18.5 Å². The van der Waals surface area contributed by atoms with Gasteiger partial charge in [0.1, 0.15) is 0 Å². The van der Waals surface area contributed by atoms with Gasteiger partial charge in [0, 0.05) is 17.1 Å².